The fourth-order valence-electron chi connectivity index (χ4n) is 3.51. The summed E-state index contributed by atoms with van der Waals surface area (Å²) in [6.45, 7) is 3.41. The number of ether oxygens (including phenoxy) is 1. The monoisotopic (exact) mass is 400 g/mol. The molecule has 3 aromatic rings. The van der Waals surface area contributed by atoms with Gasteiger partial charge in [0.1, 0.15) is 23.6 Å². The third-order valence-electron chi connectivity index (χ3n) is 4.85. The third kappa shape index (κ3) is 3.02. The molecule has 148 valence electrons. The van der Waals surface area contributed by atoms with Gasteiger partial charge in [-0.2, -0.15) is 5.10 Å². The summed E-state index contributed by atoms with van der Waals surface area (Å²) < 4.78 is 34.9. The summed E-state index contributed by atoms with van der Waals surface area (Å²) in [5, 5.41) is 17.4. The standard InChI is InChI=1S/C19H14F2N4O4/c1-19(2)12-5-9(3-4-11(12)18(26)29-19)15(17-22-8-23-24-17)16-13(20)6-10(25(27)28)7-14(16)21/h3-8,15H,1-2H3,(H,22,23,24). The number of hydrogen-bond acceptors (Lipinski definition) is 6. The van der Waals surface area contributed by atoms with Crippen LogP contribution in [-0.2, 0) is 10.3 Å². The molecule has 0 aliphatic carbocycles. The first kappa shape index (κ1) is 18.7. The van der Waals surface area contributed by atoms with Crippen LogP contribution in [0.15, 0.2) is 36.7 Å². The van der Waals surface area contributed by atoms with Crippen LogP contribution in [0.1, 0.15) is 52.6 Å². The fourth-order valence-corrected chi connectivity index (χ4v) is 3.51. The van der Waals surface area contributed by atoms with E-state index < -0.39 is 45.3 Å². The second-order valence-electron chi connectivity index (χ2n) is 7.08. The Morgan fingerprint density at radius 2 is 1.90 bits per heavy atom. The van der Waals surface area contributed by atoms with Crippen molar-refractivity contribution in [3.63, 3.8) is 0 Å². The molecule has 0 saturated carbocycles. The number of nitro groups is 1. The Bertz CT molecular complexity index is 1120. The molecule has 4 rings (SSSR count). The van der Waals surface area contributed by atoms with E-state index in [1.165, 1.54) is 18.5 Å². The summed E-state index contributed by atoms with van der Waals surface area (Å²) >= 11 is 0. The molecule has 2 heterocycles. The zero-order valence-corrected chi connectivity index (χ0v) is 15.3. The number of non-ortho nitro benzene ring substituents is 1. The lowest BCUT2D eigenvalue weighted by molar-refractivity contribution is -0.385. The Kier molecular flexibility index (Phi) is 4.14. The van der Waals surface area contributed by atoms with Crippen LogP contribution in [0, 0.1) is 21.7 Å². The number of fused-ring (bicyclic) bond motifs is 1. The van der Waals surface area contributed by atoms with Crippen molar-refractivity contribution in [2.24, 2.45) is 0 Å². The number of carbonyl (C=O) groups excluding carboxylic acids is 1. The lowest BCUT2D eigenvalue weighted by Gasteiger charge is -2.21. The molecule has 0 spiro atoms. The van der Waals surface area contributed by atoms with E-state index >= 15 is 0 Å². The molecule has 0 radical (unpaired) electrons. The van der Waals surface area contributed by atoms with E-state index in [4.69, 9.17) is 4.74 Å². The number of nitro benzene ring substituents is 1. The van der Waals surface area contributed by atoms with Crippen molar-refractivity contribution in [2.45, 2.75) is 25.4 Å². The SMILES string of the molecule is CC1(C)OC(=O)c2ccc(C(c3nc[nH]n3)c3c(F)cc([N+](=O)[O-])cc3F)cc21. The van der Waals surface area contributed by atoms with E-state index in [1.807, 2.05) is 0 Å². The van der Waals surface area contributed by atoms with E-state index in [2.05, 4.69) is 15.2 Å². The van der Waals surface area contributed by atoms with Crippen molar-refractivity contribution in [3.8, 4) is 0 Å². The predicted octanol–water partition coefficient (Wildman–Crippen LogP) is 3.58. The topological polar surface area (TPSA) is 111 Å². The molecule has 0 fully saturated rings. The molecule has 2 aromatic carbocycles. The van der Waals surface area contributed by atoms with Gasteiger partial charge in [-0.25, -0.2) is 18.6 Å². The van der Waals surface area contributed by atoms with Crippen LogP contribution in [0.3, 0.4) is 0 Å². The predicted molar refractivity (Wildman–Crippen MR) is 95.2 cm³/mol. The zero-order valence-electron chi connectivity index (χ0n) is 15.3. The zero-order chi connectivity index (χ0) is 20.9. The normalized spacial score (nSPS) is 15.7. The maximum absolute atomic E-state index is 14.8. The van der Waals surface area contributed by atoms with Crippen molar-refractivity contribution in [1.82, 2.24) is 15.2 Å². The van der Waals surface area contributed by atoms with Crippen LogP contribution in [-0.4, -0.2) is 26.1 Å². The van der Waals surface area contributed by atoms with Crippen LogP contribution >= 0.6 is 0 Å². The quantitative estimate of drug-likeness (QED) is 0.407. The van der Waals surface area contributed by atoms with Crippen LogP contribution in [0.4, 0.5) is 14.5 Å². The van der Waals surface area contributed by atoms with Gasteiger partial charge >= 0.3 is 5.97 Å². The fraction of sp³-hybridized carbons (Fsp3) is 0.211. The molecule has 0 amide bonds. The molecule has 1 aliphatic rings. The van der Waals surface area contributed by atoms with Crippen molar-refractivity contribution < 1.29 is 23.2 Å². The van der Waals surface area contributed by atoms with Gasteiger partial charge in [-0.15, -0.1) is 0 Å². The average molecular weight is 400 g/mol. The third-order valence-corrected chi connectivity index (χ3v) is 4.85. The van der Waals surface area contributed by atoms with Gasteiger partial charge in [-0.1, -0.05) is 6.07 Å². The number of rotatable bonds is 4. The largest absolute Gasteiger partial charge is 0.451 e. The number of hydrogen-bond donors (Lipinski definition) is 1. The number of H-pyrrole nitrogens is 1. The molecule has 1 atom stereocenters. The maximum Gasteiger partial charge on any atom is 0.339 e. The first-order valence-electron chi connectivity index (χ1n) is 8.56. The van der Waals surface area contributed by atoms with Crippen molar-refractivity contribution in [3.05, 3.63) is 86.5 Å². The lowest BCUT2D eigenvalue weighted by atomic mass is 9.85. The number of esters is 1. The molecule has 0 saturated heterocycles. The van der Waals surface area contributed by atoms with Crippen molar-refractivity contribution in [2.75, 3.05) is 0 Å². The molecule has 8 nitrogen and oxygen atoms in total. The summed E-state index contributed by atoms with van der Waals surface area (Å²) in [5.41, 5.74) is -0.731. The minimum atomic E-state index is -1.10. The highest BCUT2D eigenvalue weighted by Gasteiger charge is 2.39. The van der Waals surface area contributed by atoms with Gasteiger partial charge in [0.2, 0.25) is 0 Å². The smallest absolute Gasteiger partial charge is 0.339 e. The highest BCUT2D eigenvalue weighted by atomic mass is 19.1. The van der Waals surface area contributed by atoms with E-state index in [0.29, 0.717) is 28.8 Å². The van der Waals surface area contributed by atoms with E-state index in [0.717, 1.165) is 0 Å². The molecule has 10 heteroatoms. The Morgan fingerprint density at radius 3 is 2.48 bits per heavy atom. The molecule has 1 aliphatic heterocycles. The summed E-state index contributed by atoms with van der Waals surface area (Å²) in [5.74, 6) is -3.71. The summed E-state index contributed by atoms with van der Waals surface area (Å²) in [6.07, 6.45) is 1.26. The second kappa shape index (κ2) is 6.43. The minimum absolute atomic E-state index is 0.0691. The molecule has 1 N–H and O–H groups in total. The highest BCUT2D eigenvalue weighted by molar-refractivity contribution is 5.94. The van der Waals surface area contributed by atoms with Gasteiger partial charge in [-0.3, -0.25) is 15.2 Å². The minimum Gasteiger partial charge on any atom is -0.451 e. The summed E-state index contributed by atoms with van der Waals surface area (Å²) in [7, 11) is 0. The number of halogens is 2. The Hall–Kier alpha value is -3.69. The van der Waals surface area contributed by atoms with Gasteiger partial charge < -0.3 is 4.74 Å². The first-order chi connectivity index (χ1) is 13.7. The van der Waals surface area contributed by atoms with Gasteiger partial charge in [-0.05, 0) is 31.5 Å². The number of nitrogens with zero attached hydrogens (tertiary/aromatic N) is 3. The molecule has 1 aromatic heterocycles. The van der Waals surface area contributed by atoms with Crippen LogP contribution in [0.25, 0.3) is 0 Å². The van der Waals surface area contributed by atoms with E-state index in [-0.39, 0.29) is 5.82 Å². The summed E-state index contributed by atoms with van der Waals surface area (Å²) in [4.78, 5) is 26.1. The average Bonchev–Trinajstić information content (AvgIpc) is 3.24. The lowest BCUT2D eigenvalue weighted by Crippen LogP contribution is -2.17. The maximum atomic E-state index is 14.8. The van der Waals surface area contributed by atoms with Gasteiger partial charge in [0, 0.05) is 11.1 Å². The van der Waals surface area contributed by atoms with Crippen LogP contribution in [0.2, 0.25) is 0 Å². The Morgan fingerprint density at radius 1 is 1.21 bits per heavy atom. The number of nitrogens with one attached hydrogen (secondary N) is 1. The van der Waals surface area contributed by atoms with Crippen molar-refractivity contribution in [1.29, 1.82) is 0 Å². The molecular formula is C19H14F2N4O4. The molecular weight excluding hydrogens is 386 g/mol. The molecule has 1 unspecified atom stereocenters. The number of benzene rings is 2. The second-order valence-corrected chi connectivity index (χ2v) is 7.08. The number of carbonyl (C=O) groups is 1. The molecule has 0 bridgehead atoms. The van der Waals surface area contributed by atoms with E-state index in [1.54, 1.807) is 19.9 Å². The van der Waals surface area contributed by atoms with Crippen molar-refractivity contribution >= 4 is 11.7 Å². The van der Waals surface area contributed by atoms with Gasteiger partial charge in [0.05, 0.1) is 28.5 Å². The first-order valence-corrected chi connectivity index (χ1v) is 8.56. The summed E-state index contributed by atoms with van der Waals surface area (Å²) in [6, 6.07) is 5.97. The molecule has 29 heavy (non-hydrogen) atoms. The Balaban J connectivity index is 1.93. The number of aromatic amines is 1. The van der Waals surface area contributed by atoms with Crippen LogP contribution < -0.4 is 0 Å². The van der Waals surface area contributed by atoms with E-state index in [9.17, 15) is 23.7 Å². The number of aromatic nitrogens is 3. The van der Waals surface area contributed by atoms with Crippen LogP contribution in [0.5, 0.6) is 0 Å². The number of cyclic esters (lactones) is 1. The van der Waals surface area contributed by atoms with Gasteiger partial charge in [0.15, 0.2) is 5.82 Å². The Labute approximate surface area is 162 Å². The highest BCUT2D eigenvalue weighted by Crippen LogP contribution is 2.40. The van der Waals surface area contributed by atoms with Gasteiger partial charge in [0.25, 0.3) is 5.69 Å².